The number of rotatable bonds is 5. The third-order valence-corrected chi connectivity index (χ3v) is 4.98. The Labute approximate surface area is 178 Å². The Kier molecular flexibility index (Phi) is 5.29. The molecule has 0 aliphatic carbocycles. The molecule has 0 atom stereocenters. The number of hydrogen-bond donors (Lipinski definition) is 2. The van der Waals surface area contributed by atoms with E-state index in [0.717, 1.165) is 11.3 Å². The van der Waals surface area contributed by atoms with Gasteiger partial charge in [-0.25, -0.2) is 4.98 Å². The molecule has 1 amide bonds. The molecule has 8 nitrogen and oxygen atoms in total. The summed E-state index contributed by atoms with van der Waals surface area (Å²) in [6, 6.07) is 14.1. The fraction of sp³-hybridized carbons (Fsp3) is 0.217. The van der Waals surface area contributed by atoms with E-state index in [-0.39, 0.29) is 34.6 Å². The molecule has 3 aromatic heterocycles. The van der Waals surface area contributed by atoms with E-state index in [1.807, 2.05) is 38.1 Å². The maximum Gasteiger partial charge on any atom is 0.267 e. The van der Waals surface area contributed by atoms with Gasteiger partial charge in [-0.05, 0) is 49.7 Å². The molecule has 4 rings (SSSR count). The molecule has 158 valence electrons. The van der Waals surface area contributed by atoms with Gasteiger partial charge in [0.1, 0.15) is 22.5 Å². The summed E-state index contributed by atoms with van der Waals surface area (Å²) in [5, 5.41) is 11.8. The Bertz CT molecular complexity index is 1400. The Morgan fingerprint density at radius 3 is 2.61 bits per heavy atom. The van der Waals surface area contributed by atoms with Crippen molar-refractivity contribution < 1.29 is 9.53 Å². The van der Waals surface area contributed by atoms with E-state index in [1.54, 1.807) is 36.1 Å². The van der Waals surface area contributed by atoms with Crippen LogP contribution in [0.2, 0.25) is 0 Å². The first-order chi connectivity index (χ1) is 14.9. The van der Waals surface area contributed by atoms with Crippen LogP contribution in [0.25, 0.3) is 16.7 Å². The van der Waals surface area contributed by atoms with Crippen LogP contribution in [0, 0.1) is 5.41 Å². The van der Waals surface area contributed by atoms with Gasteiger partial charge in [-0.2, -0.15) is 0 Å². The van der Waals surface area contributed by atoms with Gasteiger partial charge in [-0.3, -0.25) is 19.4 Å². The van der Waals surface area contributed by atoms with Crippen molar-refractivity contribution in [3.05, 3.63) is 81.7 Å². The molecule has 0 aliphatic heterocycles. The lowest BCUT2D eigenvalue weighted by atomic mass is 10.1. The molecular weight excluding hydrogens is 394 g/mol. The van der Waals surface area contributed by atoms with Crippen molar-refractivity contribution in [2.45, 2.75) is 26.4 Å². The zero-order valence-electron chi connectivity index (χ0n) is 17.5. The largest absolute Gasteiger partial charge is 0.497 e. The molecule has 1 aromatic carbocycles. The van der Waals surface area contributed by atoms with Gasteiger partial charge < -0.3 is 14.6 Å². The van der Waals surface area contributed by atoms with E-state index in [4.69, 9.17) is 10.1 Å². The van der Waals surface area contributed by atoms with Crippen LogP contribution in [0.4, 0.5) is 0 Å². The molecule has 0 bridgehead atoms. The van der Waals surface area contributed by atoms with Gasteiger partial charge in [-0.15, -0.1) is 0 Å². The Hall–Kier alpha value is -3.94. The van der Waals surface area contributed by atoms with Gasteiger partial charge in [0, 0.05) is 12.2 Å². The fourth-order valence-corrected chi connectivity index (χ4v) is 3.47. The second kappa shape index (κ2) is 8.06. The van der Waals surface area contributed by atoms with Gasteiger partial charge >= 0.3 is 0 Å². The number of carbonyl (C=O) groups is 1. The number of amides is 1. The molecule has 0 saturated heterocycles. The van der Waals surface area contributed by atoms with Crippen molar-refractivity contribution in [3.8, 4) is 5.75 Å². The van der Waals surface area contributed by atoms with Gasteiger partial charge in [0.15, 0.2) is 0 Å². The zero-order chi connectivity index (χ0) is 22.1. The van der Waals surface area contributed by atoms with E-state index < -0.39 is 5.91 Å². The Balaban J connectivity index is 2.00. The average Bonchev–Trinajstić information content (AvgIpc) is 2.76. The van der Waals surface area contributed by atoms with Crippen LogP contribution >= 0.6 is 0 Å². The smallest absolute Gasteiger partial charge is 0.267 e. The number of ether oxygens (including phenoxy) is 1. The number of pyridine rings is 2. The lowest BCUT2D eigenvalue weighted by molar-refractivity contribution is 0.0940. The van der Waals surface area contributed by atoms with E-state index >= 15 is 0 Å². The highest BCUT2D eigenvalue weighted by Crippen LogP contribution is 2.15. The highest BCUT2D eigenvalue weighted by Gasteiger charge is 2.18. The Morgan fingerprint density at radius 1 is 1.19 bits per heavy atom. The maximum absolute atomic E-state index is 13.2. The van der Waals surface area contributed by atoms with Gasteiger partial charge in [-0.1, -0.05) is 18.2 Å². The third kappa shape index (κ3) is 3.79. The molecule has 8 heteroatoms. The topological polar surface area (TPSA) is 101 Å². The van der Waals surface area contributed by atoms with Crippen LogP contribution in [0.15, 0.2) is 59.5 Å². The van der Waals surface area contributed by atoms with Crippen molar-refractivity contribution in [1.82, 2.24) is 19.3 Å². The number of carbonyl (C=O) groups excluding carboxylic acids is 1. The summed E-state index contributed by atoms with van der Waals surface area (Å²) in [6.45, 7) is 3.97. The van der Waals surface area contributed by atoms with Crippen LogP contribution in [0.5, 0.6) is 5.75 Å². The minimum absolute atomic E-state index is 0.00588. The van der Waals surface area contributed by atoms with Gasteiger partial charge in [0.25, 0.3) is 11.5 Å². The predicted molar refractivity (Wildman–Crippen MR) is 118 cm³/mol. The number of nitrogens with one attached hydrogen (secondary N) is 2. The van der Waals surface area contributed by atoms with Crippen LogP contribution in [-0.2, 0) is 6.54 Å². The number of fused-ring (bicyclic) bond motifs is 2. The van der Waals surface area contributed by atoms with Crippen molar-refractivity contribution in [3.63, 3.8) is 0 Å². The minimum Gasteiger partial charge on any atom is -0.497 e. The number of methoxy groups -OCH3 is 1. The Morgan fingerprint density at radius 2 is 1.94 bits per heavy atom. The van der Waals surface area contributed by atoms with Crippen molar-refractivity contribution >= 4 is 22.6 Å². The predicted octanol–water partition coefficient (Wildman–Crippen LogP) is 2.32. The summed E-state index contributed by atoms with van der Waals surface area (Å²) >= 11 is 0. The monoisotopic (exact) mass is 417 g/mol. The lowest BCUT2D eigenvalue weighted by Gasteiger charge is -2.16. The molecule has 0 unspecified atom stereocenters. The van der Waals surface area contributed by atoms with Crippen molar-refractivity contribution in [1.29, 1.82) is 5.41 Å². The SMILES string of the molecule is COc1ccc(Cn2c(=N)c(C(=O)NC(C)C)cc3c(=O)n4ccccc4nc32)cc1. The standard InChI is InChI=1S/C23H23N5O3/c1-14(2)25-22(29)17-12-18-21(26-19-6-4-5-11-27(19)23(18)30)28(20(17)24)13-15-7-9-16(31-3)10-8-15/h4-12,14,24H,13H2,1-3H3,(H,25,29). The van der Waals surface area contributed by atoms with Gasteiger partial charge in [0.2, 0.25) is 0 Å². The molecule has 0 spiro atoms. The van der Waals surface area contributed by atoms with E-state index in [1.165, 1.54) is 10.5 Å². The van der Waals surface area contributed by atoms with E-state index in [9.17, 15) is 9.59 Å². The minimum atomic E-state index is -0.400. The van der Waals surface area contributed by atoms with E-state index in [0.29, 0.717) is 11.3 Å². The van der Waals surface area contributed by atoms with Crippen LogP contribution < -0.4 is 21.1 Å². The number of nitrogens with zero attached hydrogens (tertiary/aromatic N) is 3. The first-order valence-corrected chi connectivity index (χ1v) is 9.92. The molecule has 0 fully saturated rings. The summed E-state index contributed by atoms with van der Waals surface area (Å²) < 4.78 is 8.25. The summed E-state index contributed by atoms with van der Waals surface area (Å²) in [7, 11) is 1.60. The fourth-order valence-electron chi connectivity index (χ4n) is 3.47. The normalized spacial score (nSPS) is 11.2. The maximum atomic E-state index is 13.2. The molecule has 2 N–H and O–H groups in total. The molecule has 0 radical (unpaired) electrons. The molecular formula is C23H23N5O3. The first-order valence-electron chi connectivity index (χ1n) is 9.92. The third-order valence-electron chi connectivity index (χ3n) is 4.98. The summed E-state index contributed by atoms with van der Waals surface area (Å²) in [6.07, 6.45) is 1.64. The summed E-state index contributed by atoms with van der Waals surface area (Å²) in [4.78, 5) is 30.6. The highest BCUT2D eigenvalue weighted by molar-refractivity contribution is 5.97. The second-order valence-corrected chi connectivity index (χ2v) is 7.55. The molecule has 4 aromatic rings. The molecule has 3 heterocycles. The quantitative estimate of drug-likeness (QED) is 0.487. The first kappa shape index (κ1) is 20.3. The van der Waals surface area contributed by atoms with Crippen LogP contribution in [0.1, 0.15) is 29.8 Å². The summed E-state index contributed by atoms with van der Waals surface area (Å²) in [5.41, 5.74) is 1.55. The van der Waals surface area contributed by atoms with Gasteiger partial charge in [0.05, 0.1) is 24.6 Å². The van der Waals surface area contributed by atoms with Crippen molar-refractivity contribution in [2.75, 3.05) is 7.11 Å². The number of benzene rings is 1. The number of aromatic nitrogens is 3. The zero-order valence-corrected chi connectivity index (χ0v) is 17.5. The average molecular weight is 417 g/mol. The second-order valence-electron chi connectivity index (χ2n) is 7.55. The lowest BCUT2D eigenvalue weighted by Crippen LogP contribution is -2.37. The van der Waals surface area contributed by atoms with Crippen molar-refractivity contribution in [2.24, 2.45) is 0 Å². The molecule has 0 saturated carbocycles. The highest BCUT2D eigenvalue weighted by atomic mass is 16.5. The number of hydrogen-bond acceptors (Lipinski definition) is 5. The van der Waals surface area contributed by atoms with E-state index in [2.05, 4.69) is 10.3 Å². The van der Waals surface area contributed by atoms with Crippen LogP contribution in [0.3, 0.4) is 0 Å². The van der Waals surface area contributed by atoms with Crippen LogP contribution in [-0.4, -0.2) is 33.0 Å². The molecule has 0 aliphatic rings. The molecule has 31 heavy (non-hydrogen) atoms. The summed E-state index contributed by atoms with van der Waals surface area (Å²) in [5.74, 6) is 0.320.